The molecule has 1 aliphatic heterocycles. The predicted molar refractivity (Wildman–Crippen MR) is 124 cm³/mol. The Morgan fingerprint density at radius 3 is 2.76 bits per heavy atom. The van der Waals surface area contributed by atoms with Crippen molar-refractivity contribution in [3.05, 3.63) is 47.2 Å². The van der Waals surface area contributed by atoms with Crippen molar-refractivity contribution in [2.24, 2.45) is 11.3 Å². The minimum absolute atomic E-state index is 0.185. The first kappa shape index (κ1) is 22.6. The van der Waals surface area contributed by atoms with Crippen LogP contribution in [0.15, 0.2) is 41.6 Å². The third-order valence-electron chi connectivity index (χ3n) is 6.76. The van der Waals surface area contributed by atoms with Gasteiger partial charge in [-0.15, -0.1) is 0 Å². The second kappa shape index (κ2) is 9.36. The number of nitrogens with one attached hydrogen (secondary N) is 1. The SMILES string of the molecule is CC=C1NC(c2cccc(OC(F)(F)I)c2)=C(C)CCC12CCCC(CC)CC2. The maximum absolute atomic E-state index is 13.3. The van der Waals surface area contributed by atoms with Gasteiger partial charge in [0, 0.05) is 22.4 Å². The van der Waals surface area contributed by atoms with Crippen LogP contribution in [0.4, 0.5) is 8.78 Å². The first-order valence-electron chi connectivity index (χ1n) is 10.8. The van der Waals surface area contributed by atoms with Gasteiger partial charge in [-0.25, -0.2) is 0 Å². The zero-order valence-electron chi connectivity index (χ0n) is 17.7. The van der Waals surface area contributed by atoms with Gasteiger partial charge in [0.1, 0.15) is 5.75 Å². The van der Waals surface area contributed by atoms with Crippen LogP contribution in [0.25, 0.3) is 5.70 Å². The normalized spacial score (nSPS) is 27.5. The number of alkyl halides is 3. The molecule has 29 heavy (non-hydrogen) atoms. The Kier molecular flexibility index (Phi) is 7.28. The highest BCUT2D eigenvalue weighted by Crippen LogP contribution is 2.49. The monoisotopic (exact) mass is 515 g/mol. The molecular weight excluding hydrogens is 483 g/mol. The Labute approximate surface area is 187 Å². The van der Waals surface area contributed by atoms with Gasteiger partial charge < -0.3 is 10.1 Å². The first-order valence-corrected chi connectivity index (χ1v) is 11.8. The molecule has 1 aromatic carbocycles. The van der Waals surface area contributed by atoms with Gasteiger partial charge in [-0.1, -0.05) is 44.4 Å². The molecule has 5 heteroatoms. The highest BCUT2D eigenvalue weighted by Gasteiger charge is 2.38. The summed E-state index contributed by atoms with van der Waals surface area (Å²) >= 11 is 1.01. The molecule has 0 radical (unpaired) electrons. The maximum Gasteiger partial charge on any atom is 0.451 e. The number of halogens is 3. The molecule has 0 saturated heterocycles. The van der Waals surface area contributed by atoms with Crippen molar-refractivity contribution in [2.45, 2.75) is 76.3 Å². The van der Waals surface area contributed by atoms with Crippen LogP contribution in [0.5, 0.6) is 5.75 Å². The van der Waals surface area contributed by atoms with E-state index in [0.29, 0.717) is 0 Å². The van der Waals surface area contributed by atoms with Gasteiger partial charge in [0.15, 0.2) is 0 Å². The fourth-order valence-electron chi connectivity index (χ4n) is 5.01. The summed E-state index contributed by atoms with van der Waals surface area (Å²) in [7, 11) is 0. The molecule has 2 atom stereocenters. The second-order valence-electron chi connectivity index (χ2n) is 8.54. The summed E-state index contributed by atoms with van der Waals surface area (Å²) in [5.74, 6) is 1.03. The van der Waals surface area contributed by atoms with Gasteiger partial charge in [0.25, 0.3) is 0 Å². The van der Waals surface area contributed by atoms with E-state index in [1.165, 1.54) is 49.8 Å². The highest BCUT2D eigenvalue weighted by molar-refractivity contribution is 14.1. The smallest absolute Gasteiger partial charge is 0.425 e. The summed E-state index contributed by atoms with van der Waals surface area (Å²) in [4.78, 5) is 0. The summed E-state index contributed by atoms with van der Waals surface area (Å²) in [6.07, 6.45) is 12.0. The number of rotatable bonds is 4. The van der Waals surface area contributed by atoms with E-state index in [2.05, 4.69) is 32.2 Å². The van der Waals surface area contributed by atoms with E-state index >= 15 is 0 Å². The Bertz CT molecular complexity index is 783. The standard InChI is InChI=1S/C24H32F2INO/c1-4-18-8-7-13-23(15-12-18)14-11-17(3)22(28-21(23)5-2)19-9-6-10-20(16-19)29-24(25,26)27/h5-6,9-10,16,18,28H,4,7-8,11-15H2,1-3H3. The number of hydrogen-bond acceptors (Lipinski definition) is 2. The summed E-state index contributed by atoms with van der Waals surface area (Å²) in [6.45, 7) is 6.57. The molecular formula is C24H32F2INO. The van der Waals surface area contributed by atoms with Gasteiger partial charge >= 0.3 is 4.12 Å². The average Bonchev–Trinajstić information content (AvgIpc) is 2.96. The molecule has 1 aromatic rings. The van der Waals surface area contributed by atoms with E-state index in [0.717, 1.165) is 52.6 Å². The van der Waals surface area contributed by atoms with E-state index in [1.54, 1.807) is 18.2 Å². The molecule has 1 fully saturated rings. The molecule has 1 aliphatic carbocycles. The van der Waals surface area contributed by atoms with E-state index < -0.39 is 4.12 Å². The Morgan fingerprint density at radius 2 is 2.07 bits per heavy atom. The third kappa shape index (κ3) is 5.53. The quantitative estimate of drug-likeness (QED) is 0.324. The lowest BCUT2D eigenvalue weighted by Gasteiger charge is -2.35. The van der Waals surface area contributed by atoms with Crippen LogP contribution in [0.1, 0.15) is 77.7 Å². The topological polar surface area (TPSA) is 21.3 Å². The molecule has 3 rings (SSSR count). The van der Waals surface area contributed by atoms with Crippen LogP contribution in [0.3, 0.4) is 0 Å². The van der Waals surface area contributed by atoms with Crippen molar-refractivity contribution in [1.29, 1.82) is 0 Å². The van der Waals surface area contributed by atoms with E-state index in [4.69, 9.17) is 4.74 Å². The zero-order chi connectivity index (χ0) is 21.1. The average molecular weight is 515 g/mol. The van der Waals surface area contributed by atoms with Crippen LogP contribution in [-0.2, 0) is 0 Å². The first-order chi connectivity index (χ1) is 13.8. The van der Waals surface area contributed by atoms with E-state index in [1.807, 2.05) is 6.07 Å². The largest absolute Gasteiger partial charge is 0.451 e. The van der Waals surface area contributed by atoms with Crippen molar-refractivity contribution in [3.63, 3.8) is 0 Å². The van der Waals surface area contributed by atoms with Crippen LogP contribution in [0.2, 0.25) is 0 Å². The predicted octanol–water partition coefficient (Wildman–Crippen LogP) is 8.05. The third-order valence-corrected chi connectivity index (χ3v) is 6.98. The lowest BCUT2D eigenvalue weighted by molar-refractivity contribution is -0.0691. The van der Waals surface area contributed by atoms with Crippen LogP contribution >= 0.6 is 22.6 Å². The van der Waals surface area contributed by atoms with Crippen LogP contribution < -0.4 is 10.1 Å². The summed E-state index contributed by atoms with van der Waals surface area (Å²) in [6, 6.07) is 7.04. The number of ether oxygens (including phenoxy) is 1. The summed E-state index contributed by atoms with van der Waals surface area (Å²) < 4.78 is 28.2. The molecule has 2 unspecified atom stereocenters. The Hall–Kier alpha value is -1.11. The van der Waals surface area contributed by atoms with Gasteiger partial charge in [0.05, 0.1) is 22.6 Å². The van der Waals surface area contributed by atoms with Crippen LogP contribution in [-0.4, -0.2) is 4.12 Å². The van der Waals surface area contributed by atoms with E-state index in [9.17, 15) is 8.78 Å². The number of hydrogen-bond donors (Lipinski definition) is 1. The number of allylic oxidation sites excluding steroid dienone is 3. The number of benzene rings is 1. The van der Waals surface area contributed by atoms with Crippen molar-refractivity contribution in [3.8, 4) is 5.75 Å². The molecule has 160 valence electrons. The van der Waals surface area contributed by atoms with Crippen molar-refractivity contribution >= 4 is 28.3 Å². The minimum Gasteiger partial charge on any atom is -0.425 e. The van der Waals surface area contributed by atoms with Crippen molar-refractivity contribution in [2.75, 3.05) is 0 Å². The molecule has 0 aromatic heterocycles. The Morgan fingerprint density at radius 1 is 1.28 bits per heavy atom. The van der Waals surface area contributed by atoms with Gasteiger partial charge in [0.2, 0.25) is 0 Å². The van der Waals surface area contributed by atoms with Crippen molar-refractivity contribution in [1.82, 2.24) is 5.32 Å². The van der Waals surface area contributed by atoms with Crippen molar-refractivity contribution < 1.29 is 13.5 Å². The Balaban J connectivity index is 1.88. The second-order valence-corrected chi connectivity index (χ2v) is 9.80. The fraction of sp³-hybridized carbons (Fsp3) is 0.583. The maximum atomic E-state index is 13.3. The lowest BCUT2D eigenvalue weighted by atomic mass is 9.73. The molecule has 2 nitrogen and oxygen atoms in total. The van der Waals surface area contributed by atoms with Gasteiger partial charge in [-0.2, -0.15) is 8.78 Å². The molecule has 1 saturated carbocycles. The van der Waals surface area contributed by atoms with Crippen LogP contribution in [0, 0.1) is 11.3 Å². The minimum atomic E-state index is -3.22. The van der Waals surface area contributed by atoms with Gasteiger partial charge in [-0.3, -0.25) is 0 Å². The molecule has 0 bridgehead atoms. The lowest BCUT2D eigenvalue weighted by Crippen LogP contribution is -2.29. The molecule has 2 aliphatic rings. The zero-order valence-corrected chi connectivity index (χ0v) is 19.8. The fourth-order valence-corrected chi connectivity index (χ4v) is 5.27. The molecule has 1 heterocycles. The molecule has 0 amide bonds. The summed E-state index contributed by atoms with van der Waals surface area (Å²) in [5, 5.41) is 3.74. The molecule has 1 N–H and O–H groups in total. The highest BCUT2D eigenvalue weighted by atomic mass is 127. The molecule has 1 spiro atoms. The van der Waals surface area contributed by atoms with Gasteiger partial charge in [-0.05, 0) is 69.6 Å². The summed E-state index contributed by atoms with van der Waals surface area (Å²) in [5.41, 5.74) is 4.71. The van der Waals surface area contributed by atoms with E-state index in [-0.39, 0.29) is 11.2 Å².